The molecule has 0 aliphatic carbocycles. The lowest BCUT2D eigenvalue weighted by Gasteiger charge is -2.22. The molecule has 0 saturated heterocycles. The maximum Gasteiger partial charge on any atom is 0.268 e. The standard InChI is InChI=1S/C28H32N4O5/c1-18(30-27(19(2)33)28(35)32-36)21-7-9-22(10-8-21)23-11-13-24(14-12-23)31-26(34)17-29-16-20-5-4-6-25(15-20)37-3/h4-15,19,27,29-30,33,36H,1,16-17H2,2-3H3,(H,31,34)(H,32,35)/t19-,27+/m1/s1. The van der Waals surface area contributed by atoms with Gasteiger partial charge in [-0.15, -0.1) is 0 Å². The highest BCUT2D eigenvalue weighted by Crippen LogP contribution is 2.23. The monoisotopic (exact) mass is 504 g/mol. The maximum atomic E-state index is 12.3. The number of anilines is 1. The van der Waals surface area contributed by atoms with Gasteiger partial charge in [-0.05, 0) is 53.4 Å². The van der Waals surface area contributed by atoms with Crippen LogP contribution in [0.25, 0.3) is 16.8 Å². The highest BCUT2D eigenvalue weighted by molar-refractivity contribution is 5.92. The third-order valence-corrected chi connectivity index (χ3v) is 5.69. The van der Waals surface area contributed by atoms with Crippen molar-refractivity contribution in [3.05, 3.63) is 90.5 Å². The van der Waals surface area contributed by atoms with Gasteiger partial charge in [0, 0.05) is 17.9 Å². The molecule has 9 heteroatoms. The molecule has 0 aliphatic heterocycles. The van der Waals surface area contributed by atoms with Crippen LogP contribution in [0, 0.1) is 0 Å². The van der Waals surface area contributed by atoms with Gasteiger partial charge < -0.3 is 25.8 Å². The van der Waals surface area contributed by atoms with E-state index in [4.69, 9.17) is 9.94 Å². The molecule has 3 aromatic carbocycles. The van der Waals surface area contributed by atoms with Gasteiger partial charge in [0.1, 0.15) is 11.8 Å². The molecule has 0 bridgehead atoms. The van der Waals surface area contributed by atoms with E-state index in [9.17, 15) is 14.7 Å². The Morgan fingerprint density at radius 3 is 2.24 bits per heavy atom. The van der Waals surface area contributed by atoms with Gasteiger partial charge >= 0.3 is 0 Å². The Labute approximate surface area is 216 Å². The van der Waals surface area contributed by atoms with Crippen LogP contribution < -0.4 is 26.2 Å². The summed E-state index contributed by atoms with van der Waals surface area (Å²) < 4.78 is 5.21. The van der Waals surface area contributed by atoms with E-state index in [-0.39, 0.29) is 12.5 Å². The Balaban J connectivity index is 1.52. The first kappa shape index (κ1) is 27.4. The van der Waals surface area contributed by atoms with E-state index in [1.165, 1.54) is 12.4 Å². The van der Waals surface area contributed by atoms with Crippen LogP contribution in [0.2, 0.25) is 0 Å². The molecule has 0 unspecified atom stereocenters. The van der Waals surface area contributed by atoms with Gasteiger partial charge in [0.05, 0.1) is 19.8 Å². The molecule has 0 spiro atoms. The highest BCUT2D eigenvalue weighted by atomic mass is 16.5. The fourth-order valence-corrected chi connectivity index (χ4v) is 3.66. The van der Waals surface area contributed by atoms with Gasteiger partial charge in [0.15, 0.2) is 0 Å². The Bertz CT molecular complexity index is 1210. The number of hydrogen-bond donors (Lipinski definition) is 6. The summed E-state index contributed by atoms with van der Waals surface area (Å²) in [4.78, 5) is 24.0. The SMILES string of the molecule is C=C(N[C@H](C(=O)NO)[C@@H](C)O)c1ccc(-c2ccc(NC(=O)CNCc3cccc(OC)c3)cc2)cc1. The van der Waals surface area contributed by atoms with Crippen molar-refractivity contribution >= 4 is 23.2 Å². The minimum atomic E-state index is -1.04. The fraction of sp³-hybridized carbons (Fsp3) is 0.214. The van der Waals surface area contributed by atoms with E-state index >= 15 is 0 Å². The summed E-state index contributed by atoms with van der Waals surface area (Å²) in [5.74, 6) is -0.124. The summed E-state index contributed by atoms with van der Waals surface area (Å²) in [6.07, 6.45) is -1.04. The number of aliphatic hydroxyl groups is 1. The van der Waals surface area contributed by atoms with Crippen LogP contribution in [0.3, 0.4) is 0 Å². The number of nitrogens with one attached hydrogen (secondary N) is 4. The van der Waals surface area contributed by atoms with Gasteiger partial charge in [-0.25, -0.2) is 5.48 Å². The van der Waals surface area contributed by atoms with Crippen molar-refractivity contribution < 1.29 is 24.6 Å². The van der Waals surface area contributed by atoms with Crippen molar-refractivity contribution in [2.45, 2.75) is 25.6 Å². The normalized spacial score (nSPS) is 12.2. The van der Waals surface area contributed by atoms with Crippen LogP contribution in [0.4, 0.5) is 5.69 Å². The van der Waals surface area contributed by atoms with E-state index in [2.05, 4.69) is 22.5 Å². The number of hydroxylamine groups is 1. The number of hydrogen-bond acceptors (Lipinski definition) is 7. The minimum Gasteiger partial charge on any atom is -0.497 e. The molecule has 0 heterocycles. The Kier molecular flexibility index (Phi) is 9.79. The molecule has 2 amide bonds. The second-order valence-corrected chi connectivity index (χ2v) is 8.48. The van der Waals surface area contributed by atoms with Crippen molar-refractivity contribution in [3.8, 4) is 16.9 Å². The lowest BCUT2D eigenvalue weighted by atomic mass is 10.0. The zero-order valence-electron chi connectivity index (χ0n) is 20.8. The summed E-state index contributed by atoms with van der Waals surface area (Å²) in [5, 5.41) is 27.5. The van der Waals surface area contributed by atoms with Gasteiger partial charge in [-0.1, -0.05) is 55.1 Å². The number of amides is 2. The zero-order valence-corrected chi connectivity index (χ0v) is 20.8. The number of benzene rings is 3. The van der Waals surface area contributed by atoms with Crippen molar-refractivity contribution in [2.24, 2.45) is 0 Å². The molecular formula is C28H32N4O5. The molecule has 3 aromatic rings. The largest absolute Gasteiger partial charge is 0.497 e. The Morgan fingerprint density at radius 2 is 1.65 bits per heavy atom. The van der Waals surface area contributed by atoms with Gasteiger partial charge in [-0.3, -0.25) is 14.8 Å². The first-order chi connectivity index (χ1) is 17.8. The van der Waals surface area contributed by atoms with Crippen LogP contribution in [0.15, 0.2) is 79.4 Å². The summed E-state index contributed by atoms with van der Waals surface area (Å²) >= 11 is 0. The van der Waals surface area contributed by atoms with E-state index < -0.39 is 18.1 Å². The van der Waals surface area contributed by atoms with Crippen LogP contribution >= 0.6 is 0 Å². The summed E-state index contributed by atoms with van der Waals surface area (Å²) in [5.41, 5.74) is 6.32. The summed E-state index contributed by atoms with van der Waals surface area (Å²) in [7, 11) is 1.62. The van der Waals surface area contributed by atoms with Crippen LogP contribution in [-0.2, 0) is 16.1 Å². The predicted molar refractivity (Wildman–Crippen MR) is 143 cm³/mol. The second-order valence-electron chi connectivity index (χ2n) is 8.48. The van der Waals surface area contributed by atoms with Crippen LogP contribution in [0.1, 0.15) is 18.1 Å². The summed E-state index contributed by atoms with van der Waals surface area (Å²) in [6, 6.07) is 21.6. The number of rotatable bonds is 12. The molecule has 9 nitrogen and oxygen atoms in total. The van der Waals surface area contributed by atoms with E-state index in [0.29, 0.717) is 17.9 Å². The van der Waals surface area contributed by atoms with Gasteiger partial charge in [0.2, 0.25) is 5.91 Å². The highest BCUT2D eigenvalue weighted by Gasteiger charge is 2.23. The van der Waals surface area contributed by atoms with Crippen LogP contribution in [0.5, 0.6) is 5.75 Å². The lowest BCUT2D eigenvalue weighted by molar-refractivity contribution is -0.133. The number of carbonyl (C=O) groups is 2. The van der Waals surface area contributed by atoms with Gasteiger partial charge in [0.25, 0.3) is 5.91 Å². The molecule has 0 aromatic heterocycles. The average Bonchev–Trinajstić information content (AvgIpc) is 2.91. The van der Waals surface area contributed by atoms with Crippen molar-refractivity contribution in [1.82, 2.24) is 16.1 Å². The van der Waals surface area contributed by atoms with Crippen molar-refractivity contribution in [3.63, 3.8) is 0 Å². The van der Waals surface area contributed by atoms with Crippen LogP contribution in [-0.4, -0.2) is 47.9 Å². The molecule has 0 radical (unpaired) electrons. The van der Waals surface area contributed by atoms with E-state index in [0.717, 1.165) is 28.0 Å². The minimum absolute atomic E-state index is 0.142. The molecule has 0 fully saturated rings. The first-order valence-corrected chi connectivity index (χ1v) is 11.7. The quantitative estimate of drug-likeness (QED) is 0.165. The third kappa shape index (κ3) is 7.91. The zero-order chi connectivity index (χ0) is 26.8. The molecule has 0 saturated carbocycles. The lowest BCUT2D eigenvalue weighted by Crippen LogP contribution is -2.48. The number of aliphatic hydroxyl groups excluding tert-OH is 1. The molecule has 0 aliphatic rings. The van der Waals surface area contributed by atoms with Crippen molar-refractivity contribution in [1.29, 1.82) is 0 Å². The molecule has 37 heavy (non-hydrogen) atoms. The molecular weight excluding hydrogens is 472 g/mol. The second kappa shape index (κ2) is 13.2. The molecule has 194 valence electrons. The Morgan fingerprint density at radius 1 is 1.00 bits per heavy atom. The van der Waals surface area contributed by atoms with Gasteiger partial charge in [-0.2, -0.15) is 0 Å². The fourth-order valence-electron chi connectivity index (χ4n) is 3.66. The summed E-state index contributed by atoms with van der Waals surface area (Å²) in [6.45, 7) is 6.08. The number of carbonyl (C=O) groups excluding carboxylic acids is 2. The number of ether oxygens (including phenoxy) is 1. The first-order valence-electron chi connectivity index (χ1n) is 11.7. The third-order valence-electron chi connectivity index (χ3n) is 5.69. The molecule has 6 N–H and O–H groups in total. The smallest absolute Gasteiger partial charge is 0.268 e. The topological polar surface area (TPSA) is 132 Å². The molecule has 3 rings (SSSR count). The molecule has 2 atom stereocenters. The van der Waals surface area contributed by atoms with Crippen molar-refractivity contribution in [2.75, 3.05) is 19.0 Å². The average molecular weight is 505 g/mol. The predicted octanol–water partition coefficient (Wildman–Crippen LogP) is 2.91. The number of methoxy groups -OCH3 is 1. The van der Waals surface area contributed by atoms with E-state index in [1.807, 2.05) is 72.8 Å². The maximum absolute atomic E-state index is 12.3. The Hall–Kier alpha value is -4.18. The van der Waals surface area contributed by atoms with E-state index in [1.54, 1.807) is 7.11 Å².